The summed E-state index contributed by atoms with van der Waals surface area (Å²) in [6.07, 6.45) is 1.75. The van der Waals surface area contributed by atoms with Gasteiger partial charge in [0.15, 0.2) is 5.13 Å². The molecule has 5 heteroatoms. The van der Waals surface area contributed by atoms with Crippen LogP contribution in [0.1, 0.15) is 55.5 Å². The second-order valence-electron chi connectivity index (χ2n) is 5.98. The van der Waals surface area contributed by atoms with Gasteiger partial charge in [0.25, 0.3) is 0 Å². The molecule has 0 atom stereocenters. The fourth-order valence-corrected chi connectivity index (χ4v) is 3.01. The number of carbonyl (C=O) groups excluding carboxylic acids is 1. The Morgan fingerprint density at radius 1 is 1.09 bits per heavy atom. The molecule has 0 radical (unpaired) electrons. The minimum Gasteiger partial charge on any atom is -0.307 e. The van der Waals surface area contributed by atoms with Crippen LogP contribution < -0.4 is 10.6 Å². The Kier molecular flexibility index (Phi) is 5.19. The molecular formula is C17H23N3OS. The number of aryl methyl sites for hydroxylation is 1. The van der Waals surface area contributed by atoms with Crippen molar-refractivity contribution < 1.29 is 4.79 Å². The minimum absolute atomic E-state index is 0.246. The van der Waals surface area contributed by atoms with Crippen LogP contribution in [0.15, 0.2) is 24.4 Å². The molecule has 0 aliphatic heterocycles. The highest BCUT2D eigenvalue weighted by Gasteiger charge is 2.16. The van der Waals surface area contributed by atoms with Crippen LogP contribution in [0.25, 0.3) is 0 Å². The van der Waals surface area contributed by atoms with E-state index >= 15 is 0 Å². The lowest BCUT2D eigenvalue weighted by Gasteiger charge is -2.20. The molecule has 2 rings (SSSR count). The Bertz CT molecular complexity index is 635. The van der Waals surface area contributed by atoms with E-state index in [1.807, 2.05) is 6.92 Å². The van der Waals surface area contributed by atoms with Crippen LogP contribution in [0.4, 0.5) is 15.6 Å². The van der Waals surface area contributed by atoms with Crippen molar-refractivity contribution in [1.29, 1.82) is 0 Å². The molecule has 0 aliphatic rings. The van der Waals surface area contributed by atoms with Crippen molar-refractivity contribution in [2.45, 2.75) is 46.5 Å². The summed E-state index contributed by atoms with van der Waals surface area (Å²) in [5.74, 6) is 0.687. The first-order chi connectivity index (χ1) is 10.4. The third-order valence-electron chi connectivity index (χ3n) is 3.45. The summed E-state index contributed by atoms with van der Waals surface area (Å²) in [4.78, 5) is 17.5. The lowest BCUT2D eigenvalue weighted by atomic mass is 9.93. The van der Waals surface area contributed by atoms with E-state index in [4.69, 9.17) is 0 Å². The molecule has 1 heterocycles. The first-order valence-corrected chi connectivity index (χ1v) is 8.33. The van der Waals surface area contributed by atoms with E-state index in [0.717, 1.165) is 21.7 Å². The van der Waals surface area contributed by atoms with E-state index in [0.29, 0.717) is 17.0 Å². The van der Waals surface area contributed by atoms with Crippen LogP contribution in [0.3, 0.4) is 0 Å². The van der Waals surface area contributed by atoms with Gasteiger partial charge in [-0.2, -0.15) is 0 Å². The van der Waals surface area contributed by atoms with E-state index in [9.17, 15) is 4.79 Å². The number of aromatic nitrogens is 1. The zero-order valence-electron chi connectivity index (χ0n) is 13.7. The van der Waals surface area contributed by atoms with E-state index in [1.54, 1.807) is 6.20 Å². The lowest BCUT2D eigenvalue weighted by molar-refractivity contribution is 0.262. The summed E-state index contributed by atoms with van der Waals surface area (Å²) in [5.41, 5.74) is 3.21. The maximum Gasteiger partial charge on any atom is 0.325 e. The van der Waals surface area contributed by atoms with Gasteiger partial charge in [-0.05, 0) is 29.9 Å². The molecule has 22 heavy (non-hydrogen) atoms. The number of hydrogen-bond acceptors (Lipinski definition) is 3. The number of carbonyl (C=O) groups is 1. The van der Waals surface area contributed by atoms with Gasteiger partial charge in [0, 0.05) is 16.8 Å². The molecule has 0 fully saturated rings. The van der Waals surface area contributed by atoms with Gasteiger partial charge in [-0.1, -0.05) is 45.9 Å². The van der Waals surface area contributed by atoms with Crippen LogP contribution >= 0.6 is 11.3 Å². The monoisotopic (exact) mass is 317 g/mol. The van der Waals surface area contributed by atoms with Crippen molar-refractivity contribution in [3.63, 3.8) is 0 Å². The first kappa shape index (κ1) is 16.5. The highest BCUT2D eigenvalue weighted by Crippen LogP contribution is 2.32. The molecule has 0 saturated carbocycles. The van der Waals surface area contributed by atoms with E-state index < -0.39 is 0 Å². The lowest BCUT2D eigenvalue weighted by Crippen LogP contribution is -2.21. The largest absolute Gasteiger partial charge is 0.325 e. The van der Waals surface area contributed by atoms with Crippen LogP contribution in [0, 0.1) is 6.92 Å². The quantitative estimate of drug-likeness (QED) is 0.799. The van der Waals surface area contributed by atoms with Gasteiger partial charge in [0.1, 0.15) is 0 Å². The number of rotatable bonds is 4. The Morgan fingerprint density at radius 3 is 2.14 bits per heavy atom. The van der Waals surface area contributed by atoms with Crippen LogP contribution in [0.5, 0.6) is 0 Å². The minimum atomic E-state index is -0.246. The Hall–Kier alpha value is -1.88. The van der Waals surface area contributed by atoms with E-state index in [-0.39, 0.29) is 6.03 Å². The number of nitrogens with zero attached hydrogens (tertiary/aromatic N) is 1. The molecule has 0 aliphatic carbocycles. The van der Waals surface area contributed by atoms with Gasteiger partial charge in [0.2, 0.25) is 0 Å². The molecule has 2 aromatic rings. The van der Waals surface area contributed by atoms with Crippen molar-refractivity contribution in [2.75, 3.05) is 10.6 Å². The summed E-state index contributed by atoms with van der Waals surface area (Å²) in [7, 11) is 0. The summed E-state index contributed by atoms with van der Waals surface area (Å²) in [6.45, 7) is 10.5. The fourth-order valence-electron chi connectivity index (χ4n) is 2.35. The average Bonchev–Trinajstić information content (AvgIpc) is 2.83. The molecule has 0 saturated heterocycles. The number of hydrogen-bond donors (Lipinski definition) is 2. The standard InChI is InChI=1S/C17H23N3OS/c1-10(2)13-7-6-8-14(11(3)4)15(13)19-16(21)20-17-18-9-12(5)22-17/h6-11H,1-5H3,(H2,18,19,20,21). The molecular weight excluding hydrogens is 294 g/mol. The van der Waals surface area contributed by atoms with Gasteiger partial charge in [-0.25, -0.2) is 9.78 Å². The molecule has 0 bridgehead atoms. The Labute approximate surface area is 136 Å². The molecule has 4 nitrogen and oxygen atoms in total. The predicted octanol–water partition coefficient (Wildman–Crippen LogP) is 5.34. The van der Waals surface area contributed by atoms with Crippen molar-refractivity contribution in [2.24, 2.45) is 0 Å². The molecule has 1 aromatic heterocycles. The Morgan fingerprint density at radius 2 is 1.68 bits per heavy atom. The maximum absolute atomic E-state index is 12.3. The highest BCUT2D eigenvalue weighted by molar-refractivity contribution is 7.15. The third kappa shape index (κ3) is 3.85. The van der Waals surface area contributed by atoms with Crippen molar-refractivity contribution >= 4 is 28.2 Å². The maximum atomic E-state index is 12.3. The normalized spacial score (nSPS) is 11.0. The number of urea groups is 1. The SMILES string of the molecule is Cc1cnc(NC(=O)Nc2c(C(C)C)cccc2C(C)C)s1. The second-order valence-corrected chi connectivity index (χ2v) is 7.21. The number of benzene rings is 1. The van der Waals surface area contributed by atoms with E-state index in [2.05, 4.69) is 61.5 Å². The van der Waals surface area contributed by atoms with Gasteiger partial charge in [0.05, 0.1) is 0 Å². The van der Waals surface area contributed by atoms with Gasteiger partial charge >= 0.3 is 6.03 Å². The number of thiazole rings is 1. The predicted molar refractivity (Wildman–Crippen MR) is 94.1 cm³/mol. The summed E-state index contributed by atoms with van der Waals surface area (Å²) < 4.78 is 0. The number of para-hydroxylation sites is 1. The van der Waals surface area contributed by atoms with Gasteiger partial charge < -0.3 is 5.32 Å². The summed E-state index contributed by atoms with van der Waals surface area (Å²) in [6, 6.07) is 5.95. The van der Waals surface area contributed by atoms with Crippen LogP contribution in [-0.2, 0) is 0 Å². The number of anilines is 2. The fraction of sp³-hybridized carbons (Fsp3) is 0.412. The number of amides is 2. The Balaban J connectivity index is 2.25. The van der Waals surface area contributed by atoms with Crippen molar-refractivity contribution in [3.05, 3.63) is 40.4 Å². The average molecular weight is 317 g/mol. The van der Waals surface area contributed by atoms with Crippen LogP contribution in [0.2, 0.25) is 0 Å². The molecule has 118 valence electrons. The summed E-state index contributed by atoms with van der Waals surface area (Å²) in [5, 5.41) is 6.43. The first-order valence-electron chi connectivity index (χ1n) is 7.51. The van der Waals surface area contributed by atoms with Gasteiger partial charge in [-0.3, -0.25) is 5.32 Å². The van der Waals surface area contributed by atoms with Gasteiger partial charge in [-0.15, -0.1) is 11.3 Å². The van der Waals surface area contributed by atoms with Crippen LogP contribution in [-0.4, -0.2) is 11.0 Å². The molecule has 2 amide bonds. The molecule has 0 unspecified atom stereocenters. The second kappa shape index (κ2) is 6.92. The number of nitrogens with one attached hydrogen (secondary N) is 2. The smallest absolute Gasteiger partial charge is 0.307 e. The molecule has 2 N–H and O–H groups in total. The molecule has 1 aromatic carbocycles. The molecule has 0 spiro atoms. The summed E-state index contributed by atoms with van der Waals surface area (Å²) >= 11 is 1.46. The topological polar surface area (TPSA) is 54.0 Å². The zero-order chi connectivity index (χ0) is 16.3. The van der Waals surface area contributed by atoms with E-state index in [1.165, 1.54) is 11.3 Å². The highest BCUT2D eigenvalue weighted by atomic mass is 32.1. The van der Waals surface area contributed by atoms with Crippen molar-refractivity contribution in [3.8, 4) is 0 Å². The third-order valence-corrected chi connectivity index (χ3v) is 4.28. The zero-order valence-corrected chi connectivity index (χ0v) is 14.5. The van der Waals surface area contributed by atoms with Crippen molar-refractivity contribution in [1.82, 2.24) is 4.98 Å².